The number of carboxylic acids is 1. The zero-order chi connectivity index (χ0) is 23.7. The Labute approximate surface area is 186 Å². The van der Waals surface area contributed by atoms with Crippen LogP contribution in [-0.2, 0) is 20.7 Å². The summed E-state index contributed by atoms with van der Waals surface area (Å²) in [6.45, 7) is 0. The summed E-state index contributed by atoms with van der Waals surface area (Å²) in [6, 6.07) is 4.67. The Hall–Kier alpha value is -3.81. The van der Waals surface area contributed by atoms with Crippen molar-refractivity contribution in [1.29, 1.82) is 0 Å². The van der Waals surface area contributed by atoms with Gasteiger partial charge in [0.1, 0.15) is 11.9 Å². The van der Waals surface area contributed by atoms with Crippen LogP contribution in [0, 0.1) is 0 Å². The standard InChI is InChI=1S/C20H22N6O7/c1-32-10-4-2-9(3-5-10)6-11(21)17(28)25-12-14(27)19(33-15(12)20(30)31)26-8-24-13-16(26)22-7-23-18(13)29/h2-5,7-8,11-12,14-15,19,27H,6,21H2,1H3,(H,25,28)(H,30,31)(H,22,23,29)/t11-,12-,14+,15-,19+/m0/s1. The van der Waals surface area contributed by atoms with E-state index in [2.05, 4.69) is 20.3 Å². The summed E-state index contributed by atoms with van der Waals surface area (Å²) in [7, 11) is 1.54. The number of nitrogens with two attached hydrogens (primary N) is 1. The van der Waals surface area contributed by atoms with Crippen LogP contribution in [0.2, 0.25) is 0 Å². The first-order valence-corrected chi connectivity index (χ1v) is 9.95. The molecule has 1 saturated heterocycles. The van der Waals surface area contributed by atoms with Crippen LogP contribution >= 0.6 is 0 Å². The number of imidazole rings is 1. The van der Waals surface area contributed by atoms with Gasteiger partial charge in [-0.2, -0.15) is 0 Å². The highest BCUT2D eigenvalue weighted by Gasteiger charge is 2.49. The van der Waals surface area contributed by atoms with Crippen LogP contribution in [0.4, 0.5) is 0 Å². The molecule has 2 aromatic heterocycles. The molecule has 0 aliphatic carbocycles. The average molecular weight is 458 g/mol. The third kappa shape index (κ3) is 4.28. The van der Waals surface area contributed by atoms with Crippen molar-refractivity contribution in [1.82, 2.24) is 24.8 Å². The number of methoxy groups -OCH3 is 1. The van der Waals surface area contributed by atoms with E-state index < -0.39 is 48.0 Å². The Bertz CT molecular complexity index is 1220. The van der Waals surface area contributed by atoms with Crippen LogP contribution in [0.3, 0.4) is 0 Å². The first-order valence-electron chi connectivity index (χ1n) is 9.95. The van der Waals surface area contributed by atoms with E-state index in [1.54, 1.807) is 24.3 Å². The quantitative estimate of drug-likeness (QED) is 0.279. The van der Waals surface area contributed by atoms with Gasteiger partial charge in [-0.3, -0.25) is 14.2 Å². The first kappa shape index (κ1) is 22.4. The second-order valence-corrected chi connectivity index (χ2v) is 7.52. The number of carbonyl (C=O) groups excluding carboxylic acids is 1. The maximum Gasteiger partial charge on any atom is 0.335 e. The van der Waals surface area contributed by atoms with E-state index in [-0.39, 0.29) is 17.6 Å². The van der Waals surface area contributed by atoms with Crippen molar-refractivity contribution in [3.63, 3.8) is 0 Å². The van der Waals surface area contributed by atoms with Crippen molar-refractivity contribution in [2.24, 2.45) is 5.73 Å². The molecule has 0 bridgehead atoms. The smallest absolute Gasteiger partial charge is 0.335 e. The van der Waals surface area contributed by atoms with Crippen LogP contribution in [0.1, 0.15) is 11.8 Å². The molecule has 6 N–H and O–H groups in total. The van der Waals surface area contributed by atoms with Gasteiger partial charge in [0.05, 0.1) is 31.8 Å². The third-order valence-electron chi connectivity index (χ3n) is 5.42. The van der Waals surface area contributed by atoms with Crippen LogP contribution in [0.15, 0.2) is 41.7 Å². The van der Waals surface area contributed by atoms with Crippen LogP contribution in [-0.4, -0.2) is 73.0 Å². The lowest BCUT2D eigenvalue weighted by molar-refractivity contribution is -0.152. The molecule has 0 saturated carbocycles. The molecule has 0 spiro atoms. The van der Waals surface area contributed by atoms with Gasteiger partial charge in [-0.25, -0.2) is 14.8 Å². The summed E-state index contributed by atoms with van der Waals surface area (Å²) in [5.41, 5.74) is 6.37. The number of aliphatic carboxylic acids is 1. The number of aliphatic hydroxyl groups excluding tert-OH is 1. The number of amides is 1. The molecule has 3 heterocycles. The van der Waals surface area contributed by atoms with Crippen LogP contribution < -0.4 is 21.3 Å². The van der Waals surface area contributed by atoms with E-state index in [1.807, 2.05) is 0 Å². The summed E-state index contributed by atoms with van der Waals surface area (Å²) in [5.74, 6) is -1.39. The molecule has 1 aliphatic heterocycles. The lowest BCUT2D eigenvalue weighted by Gasteiger charge is -2.22. The molecule has 174 valence electrons. The van der Waals surface area contributed by atoms with Crippen LogP contribution in [0.5, 0.6) is 5.75 Å². The number of nitrogens with zero attached hydrogens (tertiary/aromatic N) is 3. The number of carboxylic acid groups (broad SMARTS) is 1. The summed E-state index contributed by atoms with van der Waals surface area (Å²) in [6.07, 6.45) is -1.77. The number of carbonyl (C=O) groups is 2. The van der Waals surface area contributed by atoms with Crippen molar-refractivity contribution in [3.8, 4) is 5.75 Å². The third-order valence-corrected chi connectivity index (χ3v) is 5.42. The van der Waals surface area contributed by atoms with Crippen LogP contribution in [0.25, 0.3) is 11.2 Å². The lowest BCUT2D eigenvalue weighted by atomic mass is 10.0. The topological polar surface area (TPSA) is 195 Å². The molecule has 5 atom stereocenters. The fourth-order valence-corrected chi connectivity index (χ4v) is 3.70. The molecular formula is C20H22N6O7. The largest absolute Gasteiger partial charge is 0.497 e. The summed E-state index contributed by atoms with van der Waals surface area (Å²) in [4.78, 5) is 46.7. The molecule has 33 heavy (non-hydrogen) atoms. The minimum atomic E-state index is -1.57. The van der Waals surface area contributed by atoms with E-state index >= 15 is 0 Å². The Morgan fingerprint density at radius 2 is 2.06 bits per heavy atom. The van der Waals surface area contributed by atoms with Gasteiger partial charge in [0.25, 0.3) is 5.56 Å². The number of fused-ring (bicyclic) bond motifs is 1. The predicted octanol–water partition coefficient (Wildman–Crippen LogP) is -1.47. The molecule has 0 radical (unpaired) electrons. The number of H-pyrrole nitrogens is 1. The number of aliphatic hydroxyl groups is 1. The van der Waals surface area contributed by atoms with Crippen molar-refractivity contribution >= 4 is 23.0 Å². The van der Waals surface area contributed by atoms with Gasteiger partial charge in [0.15, 0.2) is 23.5 Å². The van der Waals surface area contributed by atoms with Gasteiger partial charge in [-0.15, -0.1) is 0 Å². The monoisotopic (exact) mass is 458 g/mol. The molecule has 3 aromatic rings. The Kier molecular flexibility index (Phi) is 6.09. The van der Waals surface area contributed by atoms with Crippen molar-refractivity contribution in [3.05, 3.63) is 52.8 Å². The second-order valence-electron chi connectivity index (χ2n) is 7.52. The highest BCUT2D eigenvalue weighted by Crippen LogP contribution is 2.31. The Balaban J connectivity index is 1.51. The molecule has 1 aliphatic rings. The van der Waals surface area contributed by atoms with E-state index in [0.29, 0.717) is 5.75 Å². The van der Waals surface area contributed by atoms with Gasteiger partial charge in [-0.05, 0) is 24.1 Å². The first-order chi connectivity index (χ1) is 15.8. The molecule has 13 heteroatoms. The number of nitrogens with one attached hydrogen (secondary N) is 2. The lowest BCUT2D eigenvalue weighted by Crippen LogP contribution is -2.54. The number of ether oxygens (including phenoxy) is 2. The highest BCUT2D eigenvalue weighted by atomic mass is 16.6. The van der Waals surface area contributed by atoms with Gasteiger partial charge in [0.2, 0.25) is 5.91 Å². The van der Waals surface area contributed by atoms with Crippen molar-refractivity contribution < 1.29 is 29.3 Å². The minimum absolute atomic E-state index is 0.00539. The highest BCUT2D eigenvalue weighted by molar-refractivity contribution is 5.83. The normalized spacial score (nSPS) is 23.4. The summed E-state index contributed by atoms with van der Waals surface area (Å²) < 4.78 is 11.9. The Morgan fingerprint density at radius 1 is 1.33 bits per heavy atom. The fraction of sp³-hybridized carbons (Fsp3) is 0.350. The van der Waals surface area contributed by atoms with E-state index in [4.69, 9.17) is 15.2 Å². The summed E-state index contributed by atoms with van der Waals surface area (Å²) >= 11 is 0. The van der Waals surface area contributed by atoms with Crippen molar-refractivity contribution in [2.45, 2.75) is 36.9 Å². The number of rotatable bonds is 7. The van der Waals surface area contributed by atoms with Gasteiger partial charge >= 0.3 is 5.97 Å². The molecule has 13 nitrogen and oxygen atoms in total. The molecule has 1 fully saturated rings. The second kappa shape index (κ2) is 8.97. The number of hydrogen-bond donors (Lipinski definition) is 5. The molecule has 1 aromatic carbocycles. The number of aromatic amines is 1. The summed E-state index contributed by atoms with van der Waals surface area (Å²) in [5, 5.41) is 22.9. The predicted molar refractivity (Wildman–Crippen MR) is 112 cm³/mol. The van der Waals surface area contributed by atoms with E-state index in [1.165, 1.54) is 18.0 Å². The zero-order valence-corrected chi connectivity index (χ0v) is 17.4. The molecule has 1 amide bonds. The molecule has 0 unspecified atom stereocenters. The SMILES string of the molecule is COc1ccc(C[C@H](N)C(=O)N[C@H]2[C@@H](O)[C@H](n3cnc4c(=O)[nH]cnc43)O[C@@H]2C(=O)O)cc1. The number of hydrogen-bond acceptors (Lipinski definition) is 9. The number of benzene rings is 1. The maximum atomic E-state index is 12.7. The maximum absolute atomic E-state index is 12.7. The molecular weight excluding hydrogens is 436 g/mol. The average Bonchev–Trinajstić information content (AvgIpc) is 3.36. The zero-order valence-electron chi connectivity index (χ0n) is 17.4. The number of aromatic nitrogens is 4. The van der Waals surface area contributed by atoms with Crippen molar-refractivity contribution in [2.75, 3.05) is 7.11 Å². The minimum Gasteiger partial charge on any atom is -0.497 e. The molecule has 4 rings (SSSR count). The van der Waals surface area contributed by atoms with E-state index in [0.717, 1.165) is 11.9 Å². The van der Waals surface area contributed by atoms with Gasteiger partial charge in [0, 0.05) is 0 Å². The fourth-order valence-electron chi connectivity index (χ4n) is 3.70. The Morgan fingerprint density at radius 3 is 2.73 bits per heavy atom. The van der Waals surface area contributed by atoms with E-state index in [9.17, 15) is 24.6 Å². The van der Waals surface area contributed by atoms with Gasteiger partial charge in [-0.1, -0.05) is 12.1 Å². The van der Waals surface area contributed by atoms with Gasteiger partial charge < -0.3 is 35.7 Å².